The Labute approximate surface area is 157 Å². The average molecular weight is 358 g/mol. The highest BCUT2D eigenvalue weighted by Crippen LogP contribution is 2.35. The zero-order valence-electron chi connectivity index (χ0n) is 14.7. The number of nitrogens with zero attached hydrogens (tertiary/aromatic N) is 2. The first kappa shape index (κ1) is 17.0. The standard InChI is InChI=1S/C22H18N2O3/c25-21(15-27-22(26)18-8-5-13-23-14-18)24-19-9-3-1-6-16(19)11-12-17-7-2-4-10-20(17)24/h1-10,13-14H,11-12,15H2. The molecule has 27 heavy (non-hydrogen) atoms. The van der Waals surface area contributed by atoms with Gasteiger partial charge in [-0.05, 0) is 48.2 Å². The largest absolute Gasteiger partial charge is 0.452 e. The van der Waals surface area contributed by atoms with Crippen LogP contribution < -0.4 is 4.90 Å². The van der Waals surface area contributed by atoms with E-state index in [0.717, 1.165) is 35.3 Å². The summed E-state index contributed by atoms with van der Waals surface area (Å²) in [6.07, 6.45) is 4.70. The Morgan fingerprint density at radius 2 is 1.52 bits per heavy atom. The molecule has 0 N–H and O–H groups in total. The minimum absolute atomic E-state index is 0.283. The lowest BCUT2D eigenvalue weighted by atomic mass is 10.0. The highest BCUT2D eigenvalue weighted by atomic mass is 16.5. The molecule has 0 atom stereocenters. The van der Waals surface area contributed by atoms with Crippen molar-refractivity contribution in [3.63, 3.8) is 0 Å². The minimum Gasteiger partial charge on any atom is -0.452 e. The Balaban J connectivity index is 1.62. The highest BCUT2D eigenvalue weighted by Gasteiger charge is 2.26. The highest BCUT2D eigenvalue weighted by molar-refractivity contribution is 6.04. The summed E-state index contributed by atoms with van der Waals surface area (Å²) in [5, 5.41) is 0. The number of fused-ring (bicyclic) bond motifs is 2. The maximum Gasteiger partial charge on any atom is 0.340 e. The normalized spacial score (nSPS) is 12.5. The quantitative estimate of drug-likeness (QED) is 0.670. The molecule has 5 heteroatoms. The van der Waals surface area contributed by atoms with Crippen LogP contribution in [0.25, 0.3) is 0 Å². The van der Waals surface area contributed by atoms with Crippen LogP contribution in [0.1, 0.15) is 21.5 Å². The first-order valence-electron chi connectivity index (χ1n) is 8.80. The maximum atomic E-state index is 13.0. The first-order valence-corrected chi connectivity index (χ1v) is 8.80. The van der Waals surface area contributed by atoms with E-state index in [1.54, 1.807) is 23.2 Å². The number of ether oxygens (including phenoxy) is 1. The average Bonchev–Trinajstić information content (AvgIpc) is 2.89. The summed E-state index contributed by atoms with van der Waals surface area (Å²) in [4.78, 5) is 30.8. The molecule has 1 aromatic heterocycles. The molecule has 0 aliphatic carbocycles. The summed E-state index contributed by atoms with van der Waals surface area (Å²) in [6, 6.07) is 18.9. The van der Waals surface area contributed by atoms with Crippen LogP contribution in [0.5, 0.6) is 0 Å². The molecule has 1 aliphatic rings. The van der Waals surface area contributed by atoms with Crippen LogP contribution in [-0.4, -0.2) is 23.5 Å². The van der Waals surface area contributed by atoms with Crippen LogP contribution in [0.15, 0.2) is 73.1 Å². The van der Waals surface area contributed by atoms with Gasteiger partial charge in [0.2, 0.25) is 0 Å². The van der Waals surface area contributed by atoms with Gasteiger partial charge < -0.3 is 4.74 Å². The predicted octanol–water partition coefficient (Wildman–Crippen LogP) is 3.70. The molecule has 5 nitrogen and oxygen atoms in total. The molecule has 2 aromatic carbocycles. The van der Waals surface area contributed by atoms with E-state index in [0.29, 0.717) is 5.56 Å². The lowest BCUT2D eigenvalue weighted by Gasteiger charge is -2.24. The van der Waals surface area contributed by atoms with Crippen LogP contribution >= 0.6 is 0 Å². The number of hydrogen-bond donors (Lipinski definition) is 0. The van der Waals surface area contributed by atoms with Crippen LogP contribution in [-0.2, 0) is 22.4 Å². The summed E-state index contributed by atoms with van der Waals surface area (Å²) in [5.74, 6) is -0.845. The van der Waals surface area contributed by atoms with Crippen molar-refractivity contribution in [3.8, 4) is 0 Å². The van der Waals surface area contributed by atoms with Gasteiger partial charge in [-0.3, -0.25) is 14.7 Å². The first-order chi connectivity index (χ1) is 13.2. The van der Waals surface area contributed by atoms with Crippen LogP contribution in [0, 0.1) is 0 Å². The molecule has 2 heterocycles. The number of esters is 1. The predicted molar refractivity (Wildman–Crippen MR) is 102 cm³/mol. The van der Waals surface area contributed by atoms with Gasteiger partial charge in [0, 0.05) is 12.4 Å². The van der Waals surface area contributed by atoms with Crippen LogP contribution in [0.4, 0.5) is 11.4 Å². The molecular formula is C22H18N2O3. The summed E-state index contributed by atoms with van der Waals surface area (Å²) in [6.45, 7) is -0.337. The van der Waals surface area contributed by atoms with Crippen molar-refractivity contribution >= 4 is 23.3 Å². The zero-order chi connectivity index (χ0) is 18.6. The van der Waals surface area contributed by atoms with Crippen molar-refractivity contribution in [1.29, 1.82) is 0 Å². The van der Waals surface area contributed by atoms with E-state index in [1.165, 1.54) is 6.20 Å². The molecule has 3 aromatic rings. The van der Waals surface area contributed by atoms with E-state index in [-0.39, 0.29) is 12.5 Å². The van der Waals surface area contributed by atoms with E-state index >= 15 is 0 Å². The number of anilines is 2. The van der Waals surface area contributed by atoms with Gasteiger partial charge in [0.15, 0.2) is 6.61 Å². The smallest absolute Gasteiger partial charge is 0.340 e. The molecule has 4 rings (SSSR count). The molecule has 1 aliphatic heterocycles. The molecule has 134 valence electrons. The van der Waals surface area contributed by atoms with Gasteiger partial charge in [-0.15, -0.1) is 0 Å². The van der Waals surface area contributed by atoms with Crippen molar-refractivity contribution in [1.82, 2.24) is 4.98 Å². The number of carbonyl (C=O) groups excluding carboxylic acids is 2. The topological polar surface area (TPSA) is 59.5 Å². The van der Waals surface area contributed by atoms with Crippen molar-refractivity contribution in [2.24, 2.45) is 0 Å². The van der Waals surface area contributed by atoms with Gasteiger partial charge >= 0.3 is 5.97 Å². The number of para-hydroxylation sites is 2. The Bertz CT molecular complexity index is 938. The summed E-state index contributed by atoms with van der Waals surface area (Å²) >= 11 is 0. The molecule has 0 saturated heterocycles. The lowest BCUT2D eigenvalue weighted by molar-refractivity contribution is -0.120. The Kier molecular flexibility index (Phi) is 4.66. The van der Waals surface area contributed by atoms with Crippen molar-refractivity contribution in [2.75, 3.05) is 11.5 Å². The summed E-state index contributed by atoms with van der Waals surface area (Å²) in [5.41, 5.74) is 4.19. The third-order valence-electron chi connectivity index (χ3n) is 4.60. The van der Waals surface area contributed by atoms with Gasteiger partial charge in [-0.25, -0.2) is 4.79 Å². The van der Waals surface area contributed by atoms with E-state index < -0.39 is 5.97 Å². The molecule has 0 bridgehead atoms. The second kappa shape index (κ2) is 7.41. The third-order valence-corrected chi connectivity index (χ3v) is 4.60. The molecule has 0 spiro atoms. The van der Waals surface area contributed by atoms with E-state index in [2.05, 4.69) is 4.98 Å². The Morgan fingerprint density at radius 1 is 0.889 bits per heavy atom. The fraction of sp³-hybridized carbons (Fsp3) is 0.136. The molecule has 0 radical (unpaired) electrons. The number of aromatic nitrogens is 1. The van der Waals surface area contributed by atoms with Crippen LogP contribution in [0.2, 0.25) is 0 Å². The van der Waals surface area contributed by atoms with Gasteiger partial charge in [-0.1, -0.05) is 36.4 Å². The zero-order valence-corrected chi connectivity index (χ0v) is 14.7. The maximum absolute atomic E-state index is 13.0. The fourth-order valence-corrected chi connectivity index (χ4v) is 3.31. The number of aryl methyl sites for hydroxylation is 2. The molecule has 1 amide bonds. The molecule has 0 fully saturated rings. The van der Waals surface area contributed by atoms with E-state index in [1.807, 2.05) is 48.5 Å². The van der Waals surface area contributed by atoms with E-state index in [9.17, 15) is 9.59 Å². The van der Waals surface area contributed by atoms with Gasteiger partial charge in [-0.2, -0.15) is 0 Å². The second-order valence-corrected chi connectivity index (χ2v) is 6.30. The molecule has 0 unspecified atom stereocenters. The number of benzene rings is 2. The summed E-state index contributed by atoms with van der Waals surface area (Å²) in [7, 11) is 0. The number of carbonyl (C=O) groups is 2. The molecule has 0 saturated carbocycles. The monoisotopic (exact) mass is 358 g/mol. The number of rotatable bonds is 3. The van der Waals surface area contributed by atoms with Gasteiger partial charge in [0.25, 0.3) is 5.91 Å². The third kappa shape index (κ3) is 3.44. The summed E-state index contributed by atoms with van der Waals surface area (Å²) < 4.78 is 5.24. The number of hydrogen-bond acceptors (Lipinski definition) is 4. The molecular weight excluding hydrogens is 340 g/mol. The van der Waals surface area contributed by atoms with Gasteiger partial charge in [0.05, 0.1) is 16.9 Å². The van der Waals surface area contributed by atoms with Crippen molar-refractivity contribution in [2.45, 2.75) is 12.8 Å². The second-order valence-electron chi connectivity index (χ2n) is 6.30. The van der Waals surface area contributed by atoms with Gasteiger partial charge in [0.1, 0.15) is 0 Å². The van der Waals surface area contributed by atoms with Crippen molar-refractivity contribution in [3.05, 3.63) is 89.7 Å². The van der Waals surface area contributed by atoms with Crippen LogP contribution in [0.3, 0.4) is 0 Å². The minimum atomic E-state index is -0.562. The number of pyridine rings is 1. The Hall–Kier alpha value is -3.47. The fourth-order valence-electron chi connectivity index (χ4n) is 3.31. The number of amides is 1. The van der Waals surface area contributed by atoms with E-state index in [4.69, 9.17) is 4.74 Å². The van der Waals surface area contributed by atoms with Crippen molar-refractivity contribution < 1.29 is 14.3 Å². The SMILES string of the molecule is O=C(OCC(=O)N1c2ccccc2CCc2ccccc21)c1cccnc1. The lowest BCUT2D eigenvalue weighted by Crippen LogP contribution is -2.31. The Morgan fingerprint density at radius 3 is 2.11 bits per heavy atom.